The van der Waals surface area contributed by atoms with Crippen molar-refractivity contribution >= 4 is 122 Å². The summed E-state index contributed by atoms with van der Waals surface area (Å²) in [5.74, 6) is -12.4. The Bertz CT molecular complexity index is 5170. The molecule has 4 aliphatic heterocycles. The zero-order chi connectivity index (χ0) is 96.3. The van der Waals surface area contributed by atoms with Gasteiger partial charge in [-0.2, -0.15) is 0 Å². The van der Waals surface area contributed by atoms with E-state index < -0.39 is 193 Å². The number of fused-ring (bicyclic) bond motifs is 4. The topological polar surface area (TPSA) is 573 Å². The van der Waals surface area contributed by atoms with E-state index in [4.69, 9.17) is 17.2 Å². The zero-order valence-electron chi connectivity index (χ0n) is 76.0. The highest BCUT2D eigenvalue weighted by Crippen LogP contribution is 2.42. The lowest BCUT2D eigenvalue weighted by atomic mass is 9.84. The number of hydrogen-bond donors (Lipinski definition) is 17. The third kappa shape index (κ3) is 28.1. The summed E-state index contributed by atoms with van der Waals surface area (Å²) < 4.78 is 0. The van der Waals surface area contributed by atoms with E-state index in [9.17, 15) is 87.2 Å². The number of para-hydroxylation sites is 1. The minimum Gasteiger partial charge on any atom is -0.481 e. The Kier molecular flexibility index (Phi) is 37.2. The second-order valence-electron chi connectivity index (χ2n) is 35.6. The van der Waals surface area contributed by atoms with Gasteiger partial charge in [0.1, 0.15) is 78.5 Å². The van der Waals surface area contributed by atoms with E-state index in [1.807, 2.05) is 74.5 Å². The van der Waals surface area contributed by atoms with E-state index in [2.05, 4.69) is 63.1 Å². The number of carbonyl (C=O) groups excluding carboxylic acids is 14. The fraction of sp³-hybridized carbons (Fsp3) is 0.505. The standard InChI is InChI=1S/C64H85N13O12.C31H42N6O7/c1-39(79)70-46(23-13-29-65)56(81)71-47(24-14-30-68-64(66)67)61(86)77-51-25-12-11-22-45(51)36-54(77)62(87)76-31-15-26-52(76)59(84)69-37-55(80)75(2)53(35-41-18-7-4-8-19-41)60(85)74-50(38-78)58(83)72-48(34-42-27-28-43-20-9-10-21-44(43)32-42)57(82)73-49(63(88)89)33-40-16-5-3-6-17-40;1-16(2)12-21-27(40)33-22(13-18-15-32-20-9-6-5-8-19(18)20)28(41)35-23(14-25(38)39)31(44)37-11-7-10-24(37)29(42)36-26(17(3)4)30(43)34-21/h3-10,16-21,27-28,32,45-54,78H,11-15,22-26,29-31,33-38,65H2,1-2H3,(H,69,84)(H,70,79)(H,71,81)(H,72,83)(H,73,82)(H,74,85)(H,88,89)(H4,66,67,68);5-6,8-9,15-17,21-24,26,32H,7,10-14H2,1-4H3,(H,33,40)(H,34,43)(H,35,41)(H,36,42)(H,38,39)/t45-,46-,47-,48+,49-,50-,51-,52-,53-,54-;21-,22+,23+,24-,26+/m00/s1. The second-order valence-corrected chi connectivity index (χ2v) is 35.6. The SMILES string of the molecule is CC(=O)N[C@@H](CCCN)C(=O)N[C@@H](CCCN=C(N)N)C(=O)N1[C@H](C(=O)N2CCC[C@H]2C(=O)NCC(=O)N(C)[C@@H](Cc2ccccc2)C(=O)N[C@@H](CO)C(=O)N[C@H](Cc2ccc3ccccc3c2)C(=O)N[C@@H](Cc2ccccc2)C(=O)O)C[C@@H]2CCCC[C@@H]21.CC(C)C[C@@H]1NC(=O)[C@@H](C(C)C)NC(=O)[C@@H]2CCCN2C(=O)[C@@H](CC(=O)O)NC(=O)[C@@H](Cc2c[nH]c3ccccc23)NC1=O. The number of carboxylic acids is 2. The van der Waals surface area contributed by atoms with Crippen molar-refractivity contribution in [2.75, 3.05) is 46.4 Å². The third-order valence-electron chi connectivity index (χ3n) is 25.0. The quantitative estimate of drug-likeness (QED) is 0.0147. The number of guanidine groups is 1. The summed E-state index contributed by atoms with van der Waals surface area (Å²) in [6.07, 6.45) is 6.98. The number of nitrogens with zero attached hydrogens (tertiary/aromatic N) is 5. The number of H-pyrrole nitrogens is 1. The van der Waals surface area contributed by atoms with Gasteiger partial charge in [-0.05, 0) is 140 Å². The van der Waals surface area contributed by atoms with Gasteiger partial charge < -0.3 is 110 Å². The molecule has 0 spiro atoms. The van der Waals surface area contributed by atoms with E-state index >= 15 is 4.79 Å². The fourth-order valence-electron chi connectivity index (χ4n) is 18.1. The van der Waals surface area contributed by atoms with Gasteiger partial charge in [0.25, 0.3) is 0 Å². The average Bonchev–Trinajstić information content (AvgIpc) is 1.61. The van der Waals surface area contributed by atoms with E-state index in [0.29, 0.717) is 55.2 Å². The van der Waals surface area contributed by atoms with Crippen LogP contribution in [-0.4, -0.2) is 271 Å². The number of aromatic amines is 1. The van der Waals surface area contributed by atoms with Crippen LogP contribution in [0.15, 0.2) is 139 Å². The van der Waals surface area contributed by atoms with E-state index in [1.165, 1.54) is 23.8 Å². The number of aliphatic imine (C=N–C) groups is 1. The number of amides is 14. The number of aliphatic hydroxyl groups is 1. The molecule has 1 saturated carbocycles. The summed E-state index contributed by atoms with van der Waals surface area (Å²) >= 11 is 0. The first-order chi connectivity index (χ1) is 63.6. The minimum absolute atomic E-state index is 0.00858. The van der Waals surface area contributed by atoms with Gasteiger partial charge in [-0.15, -0.1) is 0 Å². The third-order valence-corrected chi connectivity index (χ3v) is 25.0. The molecule has 11 rings (SSSR count). The van der Waals surface area contributed by atoms with Crippen molar-refractivity contribution in [3.05, 3.63) is 156 Å². The zero-order valence-corrected chi connectivity index (χ0v) is 76.0. The number of benzene rings is 5. The number of aromatic nitrogens is 1. The number of hydrogen-bond acceptors (Lipinski definition) is 19. The Morgan fingerprint density at radius 1 is 0.586 bits per heavy atom. The number of aliphatic hydroxyl groups excluding tert-OH is 1. The summed E-state index contributed by atoms with van der Waals surface area (Å²) in [5, 5.41) is 59.9. The molecule has 5 aliphatic rings. The molecule has 15 atom stereocenters. The van der Waals surface area contributed by atoms with Gasteiger partial charge in [-0.1, -0.05) is 162 Å². The molecule has 0 radical (unpaired) electrons. The van der Waals surface area contributed by atoms with Crippen LogP contribution in [0.1, 0.15) is 153 Å². The Hall–Kier alpha value is -13.4. The van der Waals surface area contributed by atoms with Crippen LogP contribution < -0.4 is 70.4 Å². The number of likely N-dealkylation sites (N-methyl/N-ethyl adjacent to an activating group) is 1. The second kappa shape index (κ2) is 48.7. The Labute approximate surface area is 771 Å². The maximum Gasteiger partial charge on any atom is 0.326 e. The number of likely N-dealkylation sites (tertiary alicyclic amines) is 2. The first-order valence-electron chi connectivity index (χ1n) is 45.7. The molecule has 1 aliphatic carbocycles. The largest absolute Gasteiger partial charge is 0.481 e. The molecule has 14 amide bonds. The highest BCUT2D eigenvalue weighted by molar-refractivity contribution is 6.02. The van der Waals surface area contributed by atoms with Gasteiger partial charge in [-0.25, -0.2) is 4.79 Å². The van der Waals surface area contributed by atoms with Crippen molar-refractivity contribution in [2.24, 2.45) is 39.9 Å². The van der Waals surface area contributed by atoms with Gasteiger partial charge >= 0.3 is 11.9 Å². The first-order valence-corrected chi connectivity index (χ1v) is 45.7. The van der Waals surface area contributed by atoms with E-state index in [1.54, 1.807) is 91.7 Å². The summed E-state index contributed by atoms with van der Waals surface area (Å²) in [5.41, 5.74) is 20.3. The van der Waals surface area contributed by atoms with Crippen LogP contribution in [-0.2, 0) is 102 Å². The molecular formula is C95H127N19O19. The Morgan fingerprint density at radius 3 is 1.86 bits per heavy atom. The van der Waals surface area contributed by atoms with Crippen LogP contribution >= 0.6 is 0 Å². The molecule has 5 aromatic carbocycles. The molecule has 0 bridgehead atoms. The summed E-state index contributed by atoms with van der Waals surface area (Å²) in [6.45, 7) is 7.81. The minimum atomic E-state index is -1.68. The molecule has 133 heavy (non-hydrogen) atoms. The molecule has 716 valence electrons. The molecule has 38 nitrogen and oxygen atoms in total. The average molecular weight is 1840 g/mol. The molecule has 38 heteroatoms. The van der Waals surface area contributed by atoms with E-state index in [-0.39, 0.29) is 114 Å². The van der Waals surface area contributed by atoms with Crippen molar-refractivity contribution in [3.8, 4) is 0 Å². The maximum atomic E-state index is 15.0. The molecular weight excluding hydrogens is 1710 g/mol. The predicted molar refractivity (Wildman–Crippen MR) is 492 cm³/mol. The number of carbonyl (C=O) groups is 16. The first kappa shape index (κ1) is 102. The van der Waals surface area contributed by atoms with Crippen molar-refractivity contribution in [1.82, 2.24) is 77.8 Å². The van der Waals surface area contributed by atoms with Crippen LogP contribution in [0.25, 0.3) is 21.7 Å². The van der Waals surface area contributed by atoms with Crippen LogP contribution in [0.3, 0.4) is 0 Å². The van der Waals surface area contributed by atoms with Crippen molar-refractivity contribution in [1.29, 1.82) is 0 Å². The molecule has 4 saturated heterocycles. The van der Waals surface area contributed by atoms with Gasteiger partial charge in [0, 0.05) is 82.4 Å². The lowest BCUT2D eigenvalue weighted by Gasteiger charge is -2.37. The molecule has 1 aromatic heterocycles. The molecule has 0 unspecified atom stereocenters. The van der Waals surface area contributed by atoms with Gasteiger partial charge in [0.2, 0.25) is 82.7 Å². The summed E-state index contributed by atoms with van der Waals surface area (Å²) in [7, 11) is 1.35. The van der Waals surface area contributed by atoms with Crippen LogP contribution in [0.5, 0.6) is 0 Å². The smallest absolute Gasteiger partial charge is 0.326 e. The highest BCUT2D eigenvalue weighted by Gasteiger charge is 2.52. The Morgan fingerprint density at radius 2 is 1.19 bits per heavy atom. The number of rotatable bonds is 37. The normalized spacial score (nSPS) is 21.2. The van der Waals surface area contributed by atoms with Crippen LogP contribution in [0.2, 0.25) is 0 Å². The van der Waals surface area contributed by atoms with E-state index in [0.717, 1.165) is 51.4 Å². The molecule has 5 fully saturated rings. The maximum absolute atomic E-state index is 15.0. The van der Waals surface area contributed by atoms with Crippen molar-refractivity contribution in [3.63, 3.8) is 0 Å². The predicted octanol–water partition coefficient (Wildman–Crippen LogP) is 1.11. The lowest BCUT2D eigenvalue weighted by Crippen LogP contribution is -2.60. The van der Waals surface area contributed by atoms with Crippen LogP contribution in [0.4, 0.5) is 0 Å². The van der Waals surface area contributed by atoms with Crippen LogP contribution in [0, 0.1) is 17.8 Å². The summed E-state index contributed by atoms with van der Waals surface area (Å²) in [4.78, 5) is 232. The summed E-state index contributed by atoms with van der Waals surface area (Å²) in [6, 6.07) is 21.9. The van der Waals surface area contributed by atoms with Crippen molar-refractivity contribution < 1.29 is 92.0 Å². The molecule has 20 N–H and O–H groups in total. The highest BCUT2D eigenvalue weighted by atomic mass is 16.4. The number of carboxylic acid groups (broad SMARTS) is 2. The molecule has 5 heterocycles. The number of nitrogens with two attached hydrogens (primary N) is 3. The monoisotopic (exact) mass is 1840 g/mol. The number of nitrogens with one attached hydrogen (secondary N) is 11. The lowest BCUT2D eigenvalue weighted by molar-refractivity contribution is -0.150. The fourth-order valence-corrected chi connectivity index (χ4v) is 18.1. The van der Waals surface area contributed by atoms with Gasteiger partial charge in [0.05, 0.1) is 19.6 Å². The number of aliphatic carboxylic acids is 2. The van der Waals surface area contributed by atoms with Gasteiger partial charge in [-0.3, -0.25) is 76.9 Å². The van der Waals surface area contributed by atoms with Crippen molar-refractivity contribution in [2.45, 2.75) is 241 Å². The molecule has 6 aromatic rings. The Balaban J connectivity index is 0.000000347. The van der Waals surface area contributed by atoms with Gasteiger partial charge in [0.15, 0.2) is 5.96 Å².